The minimum atomic E-state index is -0.312. The standard InChI is InChI=1S/C25H29FN4O2/c1-16-12-17(13-20-23(16)27-22(31)15-25(20,2)3)6-7-29-8-10-30(11-9-29)24-19-5-4-18(26)14-21(19)32-28-24/h4-5,12-14H,6-11,15H2,1-3H3,(H,27,31). The number of nitrogens with one attached hydrogen (secondary N) is 1. The number of aryl methyl sites for hydroxylation is 1. The third-order valence-electron chi connectivity index (χ3n) is 6.79. The molecule has 2 aliphatic heterocycles. The molecule has 0 atom stereocenters. The monoisotopic (exact) mass is 436 g/mol. The maximum atomic E-state index is 13.4. The van der Waals surface area contributed by atoms with E-state index < -0.39 is 0 Å². The molecule has 1 N–H and O–H groups in total. The van der Waals surface area contributed by atoms with Gasteiger partial charge in [0.1, 0.15) is 5.82 Å². The number of carbonyl (C=O) groups excluding carboxylic acids is 1. The minimum absolute atomic E-state index is 0.0984. The zero-order valence-electron chi connectivity index (χ0n) is 18.9. The highest BCUT2D eigenvalue weighted by atomic mass is 19.1. The van der Waals surface area contributed by atoms with E-state index in [9.17, 15) is 9.18 Å². The van der Waals surface area contributed by atoms with E-state index in [4.69, 9.17) is 4.52 Å². The maximum Gasteiger partial charge on any atom is 0.225 e. The normalized spacial score (nSPS) is 18.6. The van der Waals surface area contributed by atoms with Crippen LogP contribution in [0, 0.1) is 12.7 Å². The molecule has 0 saturated carbocycles. The predicted molar refractivity (Wildman–Crippen MR) is 124 cm³/mol. The van der Waals surface area contributed by atoms with E-state index in [2.05, 4.69) is 53.2 Å². The molecule has 2 aliphatic rings. The lowest BCUT2D eigenvalue weighted by molar-refractivity contribution is -0.117. The Morgan fingerprint density at radius 3 is 2.72 bits per heavy atom. The molecule has 7 heteroatoms. The van der Waals surface area contributed by atoms with Crippen molar-refractivity contribution in [2.45, 2.75) is 39.0 Å². The van der Waals surface area contributed by atoms with E-state index in [-0.39, 0.29) is 17.1 Å². The molecular weight excluding hydrogens is 407 g/mol. The molecule has 5 rings (SSSR count). The molecular formula is C25H29FN4O2. The van der Waals surface area contributed by atoms with Gasteiger partial charge in [-0.15, -0.1) is 0 Å². The molecule has 0 unspecified atom stereocenters. The van der Waals surface area contributed by atoms with Gasteiger partial charge in [-0.25, -0.2) is 4.39 Å². The van der Waals surface area contributed by atoms with E-state index in [1.807, 2.05) is 0 Å². The van der Waals surface area contributed by atoms with Gasteiger partial charge >= 0.3 is 0 Å². The summed E-state index contributed by atoms with van der Waals surface area (Å²) < 4.78 is 18.7. The van der Waals surface area contributed by atoms with Crippen LogP contribution < -0.4 is 10.2 Å². The Labute approximate surface area is 187 Å². The summed E-state index contributed by atoms with van der Waals surface area (Å²) >= 11 is 0. The van der Waals surface area contributed by atoms with E-state index in [0.29, 0.717) is 12.0 Å². The molecule has 0 aliphatic carbocycles. The van der Waals surface area contributed by atoms with E-state index in [1.165, 1.54) is 23.3 Å². The van der Waals surface area contributed by atoms with Crippen LogP contribution in [0.1, 0.15) is 37.0 Å². The average Bonchev–Trinajstić information content (AvgIpc) is 3.16. The third kappa shape index (κ3) is 3.86. The Kier molecular flexibility index (Phi) is 5.16. The summed E-state index contributed by atoms with van der Waals surface area (Å²) in [6.45, 7) is 11.0. The highest BCUT2D eigenvalue weighted by molar-refractivity contribution is 5.96. The van der Waals surface area contributed by atoms with Crippen LogP contribution in [0.4, 0.5) is 15.9 Å². The van der Waals surface area contributed by atoms with Crippen LogP contribution in [0.3, 0.4) is 0 Å². The lowest BCUT2D eigenvalue weighted by atomic mass is 9.76. The summed E-state index contributed by atoms with van der Waals surface area (Å²) in [6, 6.07) is 9.06. The lowest BCUT2D eigenvalue weighted by Crippen LogP contribution is -2.47. The number of fused-ring (bicyclic) bond motifs is 2. The molecule has 1 saturated heterocycles. The van der Waals surface area contributed by atoms with Crippen LogP contribution in [0.5, 0.6) is 0 Å². The van der Waals surface area contributed by atoms with Gasteiger partial charge in [0.25, 0.3) is 0 Å². The fraction of sp³-hybridized carbons (Fsp3) is 0.440. The number of halogens is 1. The molecule has 168 valence electrons. The Hall–Kier alpha value is -2.93. The zero-order chi connectivity index (χ0) is 22.5. The first-order chi connectivity index (χ1) is 15.3. The number of anilines is 2. The van der Waals surface area contributed by atoms with Gasteiger partial charge in [0.2, 0.25) is 5.91 Å². The van der Waals surface area contributed by atoms with Gasteiger partial charge < -0.3 is 14.7 Å². The minimum Gasteiger partial charge on any atom is -0.354 e. The summed E-state index contributed by atoms with van der Waals surface area (Å²) in [7, 11) is 0. The Bertz CT molecular complexity index is 1180. The Morgan fingerprint density at radius 1 is 1.16 bits per heavy atom. The number of hydrogen-bond donors (Lipinski definition) is 1. The summed E-state index contributed by atoms with van der Waals surface area (Å²) in [4.78, 5) is 16.8. The predicted octanol–water partition coefficient (Wildman–Crippen LogP) is 4.26. The third-order valence-corrected chi connectivity index (χ3v) is 6.79. The molecule has 3 heterocycles. The van der Waals surface area contributed by atoms with Gasteiger partial charge in [-0.05, 0) is 42.2 Å². The van der Waals surface area contributed by atoms with Gasteiger partial charge in [0.15, 0.2) is 11.4 Å². The van der Waals surface area contributed by atoms with Gasteiger partial charge in [0.05, 0.1) is 5.39 Å². The highest BCUT2D eigenvalue weighted by Crippen LogP contribution is 2.39. The highest BCUT2D eigenvalue weighted by Gasteiger charge is 2.33. The average molecular weight is 437 g/mol. The zero-order valence-corrected chi connectivity index (χ0v) is 18.9. The summed E-state index contributed by atoms with van der Waals surface area (Å²) in [6.07, 6.45) is 1.50. The van der Waals surface area contributed by atoms with Crippen molar-refractivity contribution < 1.29 is 13.7 Å². The van der Waals surface area contributed by atoms with Crippen molar-refractivity contribution in [2.24, 2.45) is 0 Å². The van der Waals surface area contributed by atoms with Crippen LogP contribution >= 0.6 is 0 Å². The molecule has 1 aromatic heterocycles. The van der Waals surface area contributed by atoms with Crippen molar-refractivity contribution in [3.8, 4) is 0 Å². The van der Waals surface area contributed by atoms with Gasteiger partial charge in [-0.1, -0.05) is 31.1 Å². The molecule has 1 fully saturated rings. The number of aromatic nitrogens is 1. The van der Waals surface area contributed by atoms with Crippen LogP contribution in [0.25, 0.3) is 11.0 Å². The molecule has 1 amide bonds. The first-order valence-electron chi connectivity index (χ1n) is 11.3. The van der Waals surface area contributed by atoms with Gasteiger partial charge in [-0.3, -0.25) is 9.69 Å². The van der Waals surface area contributed by atoms with Crippen molar-refractivity contribution in [1.29, 1.82) is 0 Å². The van der Waals surface area contributed by atoms with Gasteiger partial charge in [0, 0.05) is 56.3 Å². The Balaban J connectivity index is 1.23. The van der Waals surface area contributed by atoms with E-state index in [0.717, 1.165) is 61.6 Å². The molecule has 32 heavy (non-hydrogen) atoms. The largest absolute Gasteiger partial charge is 0.354 e. The van der Waals surface area contributed by atoms with Crippen LogP contribution in [-0.4, -0.2) is 48.7 Å². The summed E-state index contributed by atoms with van der Waals surface area (Å²) in [5.74, 6) is 0.587. The molecule has 6 nitrogen and oxygen atoms in total. The molecule has 0 radical (unpaired) electrons. The number of carbonyl (C=O) groups is 1. The van der Waals surface area contributed by atoms with Crippen LogP contribution in [-0.2, 0) is 16.6 Å². The second-order valence-corrected chi connectivity index (χ2v) is 9.67. The van der Waals surface area contributed by atoms with Crippen LogP contribution in [0.15, 0.2) is 34.9 Å². The van der Waals surface area contributed by atoms with Crippen molar-refractivity contribution in [3.63, 3.8) is 0 Å². The molecule has 0 spiro atoms. The lowest BCUT2D eigenvalue weighted by Gasteiger charge is -2.35. The van der Waals surface area contributed by atoms with Crippen molar-refractivity contribution in [2.75, 3.05) is 42.9 Å². The summed E-state index contributed by atoms with van der Waals surface area (Å²) in [5.41, 5.74) is 5.03. The first-order valence-corrected chi connectivity index (χ1v) is 11.3. The fourth-order valence-electron chi connectivity index (χ4n) is 4.98. The quantitative estimate of drug-likeness (QED) is 0.662. The number of nitrogens with zero attached hydrogens (tertiary/aromatic N) is 3. The first kappa shape index (κ1) is 20.9. The Morgan fingerprint density at radius 2 is 1.94 bits per heavy atom. The second kappa shape index (κ2) is 7.89. The fourth-order valence-corrected chi connectivity index (χ4v) is 4.98. The number of rotatable bonds is 4. The molecule has 3 aromatic rings. The van der Waals surface area contributed by atoms with Crippen LogP contribution in [0.2, 0.25) is 0 Å². The number of piperazine rings is 1. The maximum absolute atomic E-state index is 13.4. The SMILES string of the molecule is Cc1cc(CCN2CCN(c3noc4cc(F)ccc34)CC2)cc2c1NC(=O)CC2(C)C. The van der Waals surface area contributed by atoms with Crippen molar-refractivity contribution in [3.05, 3.63) is 52.8 Å². The van der Waals surface area contributed by atoms with E-state index >= 15 is 0 Å². The summed E-state index contributed by atoms with van der Waals surface area (Å²) in [5, 5.41) is 8.11. The van der Waals surface area contributed by atoms with E-state index in [1.54, 1.807) is 6.07 Å². The molecule has 2 aromatic carbocycles. The molecule has 0 bridgehead atoms. The second-order valence-electron chi connectivity index (χ2n) is 9.67. The van der Waals surface area contributed by atoms with Crippen molar-refractivity contribution >= 4 is 28.4 Å². The van der Waals surface area contributed by atoms with Gasteiger partial charge in [-0.2, -0.15) is 0 Å². The van der Waals surface area contributed by atoms with Crippen molar-refractivity contribution in [1.82, 2.24) is 10.1 Å². The number of amides is 1. The smallest absolute Gasteiger partial charge is 0.225 e. The number of hydrogen-bond acceptors (Lipinski definition) is 5. The number of benzene rings is 2. The topological polar surface area (TPSA) is 61.6 Å².